The first-order chi connectivity index (χ1) is 6.97. The first-order valence-corrected chi connectivity index (χ1v) is 5.68. The molecule has 0 radical (unpaired) electrons. The Bertz CT molecular complexity index is 260. The molecule has 0 saturated carbocycles. The molecule has 1 N–H and O–H groups in total. The fraction of sp³-hybridized carbons (Fsp3) is 0.909. The summed E-state index contributed by atoms with van der Waals surface area (Å²) in [5.41, 5.74) is -0.385. The quantitative estimate of drug-likeness (QED) is 0.656. The molecule has 0 unspecified atom stereocenters. The van der Waals surface area contributed by atoms with Gasteiger partial charge < -0.3 is 15.0 Å². The summed E-state index contributed by atoms with van der Waals surface area (Å²) in [7, 11) is 0. The monoisotopic (exact) mass is 212 g/mol. The lowest BCUT2D eigenvalue weighted by molar-refractivity contribution is -0.0381. The van der Waals surface area contributed by atoms with Gasteiger partial charge in [0, 0.05) is 13.1 Å². The SMILES string of the molecule is CC(C)(C)OC(=O)N1C[C@H]2CCNC[C@@H]21. The smallest absolute Gasteiger partial charge is 0.410 e. The molecule has 2 saturated heterocycles. The summed E-state index contributed by atoms with van der Waals surface area (Å²) in [4.78, 5) is 13.6. The Kier molecular flexibility index (Phi) is 2.63. The number of ether oxygens (including phenoxy) is 1. The van der Waals surface area contributed by atoms with Crippen LogP contribution in [-0.4, -0.2) is 42.3 Å². The summed E-state index contributed by atoms with van der Waals surface area (Å²) in [5.74, 6) is 0.693. The minimum Gasteiger partial charge on any atom is -0.444 e. The molecule has 4 heteroatoms. The second-order valence-corrected chi connectivity index (χ2v) is 5.45. The van der Waals surface area contributed by atoms with Gasteiger partial charge in [-0.25, -0.2) is 4.79 Å². The number of carbonyl (C=O) groups excluding carboxylic acids is 1. The average Bonchev–Trinajstić information content (AvgIpc) is 2.03. The lowest BCUT2D eigenvalue weighted by Gasteiger charge is -2.50. The fourth-order valence-electron chi connectivity index (χ4n) is 2.25. The van der Waals surface area contributed by atoms with Crippen LogP contribution in [0.15, 0.2) is 0 Å². The molecule has 0 aromatic rings. The molecule has 0 aromatic carbocycles. The van der Waals surface area contributed by atoms with Crippen molar-refractivity contribution in [3.8, 4) is 0 Å². The number of piperidine rings is 1. The van der Waals surface area contributed by atoms with Crippen molar-refractivity contribution in [1.29, 1.82) is 0 Å². The Morgan fingerprint density at radius 2 is 2.20 bits per heavy atom. The van der Waals surface area contributed by atoms with Crippen LogP contribution in [0, 0.1) is 5.92 Å². The summed E-state index contributed by atoms with van der Waals surface area (Å²) in [6, 6.07) is 0.369. The molecule has 15 heavy (non-hydrogen) atoms. The highest BCUT2D eigenvalue weighted by Gasteiger charge is 2.44. The Morgan fingerprint density at radius 1 is 1.47 bits per heavy atom. The van der Waals surface area contributed by atoms with Gasteiger partial charge in [-0.1, -0.05) is 0 Å². The number of nitrogens with zero attached hydrogens (tertiary/aromatic N) is 1. The second-order valence-electron chi connectivity index (χ2n) is 5.45. The molecule has 0 spiro atoms. The molecule has 2 heterocycles. The van der Waals surface area contributed by atoms with Gasteiger partial charge in [0.15, 0.2) is 0 Å². The Morgan fingerprint density at radius 3 is 2.80 bits per heavy atom. The molecule has 4 nitrogen and oxygen atoms in total. The van der Waals surface area contributed by atoms with Crippen LogP contribution >= 0.6 is 0 Å². The standard InChI is InChI=1S/C11H20N2O2/c1-11(2,3)15-10(14)13-7-8-4-5-12-6-9(8)13/h8-9,12H,4-7H2,1-3H3/t8-,9+/m1/s1. The molecular formula is C11H20N2O2. The van der Waals surface area contributed by atoms with Crippen molar-refractivity contribution in [2.45, 2.75) is 38.8 Å². The van der Waals surface area contributed by atoms with Gasteiger partial charge in [-0.3, -0.25) is 0 Å². The zero-order valence-corrected chi connectivity index (χ0v) is 9.75. The van der Waals surface area contributed by atoms with E-state index in [1.807, 2.05) is 25.7 Å². The van der Waals surface area contributed by atoms with Gasteiger partial charge in [-0.15, -0.1) is 0 Å². The highest BCUT2D eigenvalue weighted by Crippen LogP contribution is 2.30. The largest absolute Gasteiger partial charge is 0.444 e. The van der Waals surface area contributed by atoms with Crippen molar-refractivity contribution in [3.63, 3.8) is 0 Å². The number of hydrogen-bond acceptors (Lipinski definition) is 3. The third-order valence-corrected chi connectivity index (χ3v) is 3.05. The first-order valence-electron chi connectivity index (χ1n) is 5.68. The van der Waals surface area contributed by atoms with E-state index >= 15 is 0 Å². The summed E-state index contributed by atoms with van der Waals surface area (Å²) in [6.07, 6.45) is 1.02. The van der Waals surface area contributed by atoms with Crippen molar-refractivity contribution < 1.29 is 9.53 Å². The molecular weight excluding hydrogens is 192 g/mol. The summed E-state index contributed by atoms with van der Waals surface area (Å²) in [5, 5.41) is 3.31. The molecule has 1 amide bonds. The molecule has 86 valence electrons. The number of amides is 1. The molecule has 2 rings (SSSR count). The average molecular weight is 212 g/mol. The number of hydrogen-bond donors (Lipinski definition) is 1. The highest BCUT2D eigenvalue weighted by atomic mass is 16.6. The normalized spacial score (nSPS) is 30.5. The van der Waals surface area contributed by atoms with E-state index in [0.29, 0.717) is 12.0 Å². The van der Waals surface area contributed by atoms with Gasteiger partial charge in [0.05, 0.1) is 6.04 Å². The Labute approximate surface area is 91.0 Å². The van der Waals surface area contributed by atoms with Crippen LogP contribution in [0.25, 0.3) is 0 Å². The second kappa shape index (κ2) is 3.67. The van der Waals surface area contributed by atoms with Crippen LogP contribution in [0.2, 0.25) is 0 Å². The number of nitrogens with one attached hydrogen (secondary N) is 1. The molecule has 0 bridgehead atoms. The van der Waals surface area contributed by atoms with Gasteiger partial charge in [-0.2, -0.15) is 0 Å². The minimum absolute atomic E-state index is 0.160. The van der Waals surface area contributed by atoms with Gasteiger partial charge >= 0.3 is 6.09 Å². The van der Waals surface area contributed by atoms with Crippen molar-refractivity contribution in [3.05, 3.63) is 0 Å². The summed E-state index contributed by atoms with van der Waals surface area (Å²) in [6.45, 7) is 8.60. The van der Waals surface area contributed by atoms with Gasteiger partial charge in [0.2, 0.25) is 0 Å². The maximum Gasteiger partial charge on any atom is 0.410 e. The van der Waals surface area contributed by atoms with Gasteiger partial charge in [0.25, 0.3) is 0 Å². The lowest BCUT2D eigenvalue weighted by Crippen LogP contribution is -2.65. The van der Waals surface area contributed by atoms with E-state index in [4.69, 9.17) is 4.74 Å². The fourth-order valence-corrected chi connectivity index (χ4v) is 2.25. The maximum absolute atomic E-state index is 11.8. The third kappa shape index (κ3) is 2.25. The van der Waals surface area contributed by atoms with Crippen LogP contribution in [0.3, 0.4) is 0 Å². The van der Waals surface area contributed by atoms with Crippen molar-refractivity contribution in [2.75, 3.05) is 19.6 Å². The number of carbonyl (C=O) groups is 1. The third-order valence-electron chi connectivity index (χ3n) is 3.05. The predicted octanol–water partition coefficient (Wildman–Crippen LogP) is 1.22. The molecule has 2 aliphatic heterocycles. The van der Waals surface area contributed by atoms with Crippen LogP contribution in [0.5, 0.6) is 0 Å². The van der Waals surface area contributed by atoms with Crippen LogP contribution in [0.4, 0.5) is 4.79 Å². The molecule has 2 atom stereocenters. The van der Waals surface area contributed by atoms with Crippen LogP contribution < -0.4 is 5.32 Å². The Balaban J connectivity index is 1.88. The molecule has 0 aromatic heterocycles. The molecule has 0 aliphatic carbocycles. The predicted molar refractivity (Wildman–Crippen MR) is 57.7 cm³/mol. The van der Waals surface area contributed by atoms with E-state index in [2.05, 4.69) is 5.32 Å². The van der Waals surface area contributed by atoms with Gasteiger partial charge in [-0.05, 0) is 39.7 Å². The van der Waals surface area contributed by atoms with E-state index in [0.717, 1.165) is 19.6 Å². The first kappa shape index (κ1) is 10.7. The molecule has 2 aliphatic rings. The molecule has 2 fully saturated rings. The van der Waals surface area contributed by atoms with Crippen molar-refractivity contribution >= 4 is 6.09 Å². The number of likely N-dealkylation sites (tertiary alicyclic amines) is 1. The number of fused-ring (bicyclic) bond motifs is 1. The minimum atomic E-state index is -0.385. The van der Waals surface area contributed by atoms with Crippen molar-refractivity contribution in [1.82, 2.24) is 10.2 Å². The summed E-state index contributed by atoms with van der Waals surface area (Å²) >= 11 is 0. The lowest BCUT2D eigenvalue weighted by atomic mass is 9.83. The van der Waals surface area contributed by atoms with E-state index in [9.17, 15) is 4.79 Å². The highest BCUT2D eigenvalue weighted by molar-refractivity contribution is 5.69. The van der Waals surface area contributed by atoms with E-state index in [-0.39, 0.29) is 11.7 Å². The number of rotatable bonds is 0. The topological polar surface area (TPSA) is 41.6 Å². The van der Waals surface area contributed by atoms with E-state index in [1.165, 1.54) is 6.42 Å². The van der Waals surface area contributed by atoms with Gasteiger partial charge in [0.1, 0.15) is 5.60 Å². The Hall–Kier alpha value is -0.770. The van der Waals surface area contributed by atoms with E-state index in [1.54, 1.807) is 0 Å². The van der Waals surface area contributed by atoms with Crippen LogP contribution in [0.1, 0.15) is 27.2 Å². The van der Waals surface area contributed by atoms with Crippen LogP contribution in [-0.2, 0) is 4.74 Å². The van der Waals surface area contributed by atoms with Crippen molar-refractivity contribution in [2.24, 2.45) is 5.92 Å². The summed E-state index contributed by atoms with van der Waals surface area (Å²) < 4.78 is 5.35. The zero-order chi connectivity index (χ0) is 11.1. The maximum atomic E-state index is 11.8. The zero-order valence-electron chi connectivity index (χ0n) is 9.75. The van der Waals surface area contributed by atoms with E-state index < -0.39 is 0 Å².